The Morgan fingerprint density at radius 3 is 2.64 bits per heavy atom. The fourth-order valence-corrected chi connectivity index (χ4v) is 3.31. The number of thioether (sulfide) groups is 1. The first-order chi connectivity index (χ1) is 13.7. The van der Waals surface area contributed by atoms with Gasteiger partial charge in [0.2, 0.25) is 5.91 Å². The number of aromatic nitrogens is 5. The van der Waals surface area contributed by atoms with Gasteiger partial charge in [0.15, 0.2) is 11.2 Å². The number of hydrogen-bond acceptors (Lipinski definition) is 7. The largest absolute Gasteiger partial charge is 0.497 e. The van der Waals surface area contributed by atoms with E-state index < -0.39 is 0 Å². The lowest BCUT2D eigenvalue weighted by Gasteiger charge is -2.05. The topological polar surface area (TPSA) is 94.8 Å². The number of benzene rings is 2. The highest BCUT2D eigenvalue weighted by molar-refractivity contribution is 8.00. The Morgan fingerprint density at radius 2 is 1.89 bits per heavy atom. The average molecular weight is 392 g/mol. The molecule has 1 N–H and O–H groups in total. The van der Waals surface area contributed by atoms with Gasteiger partial charge in [-0.2, -0.15) is 4.68 Å². The molecule has 2 heterocycles. The summed E-state index contributed by atoms with van der Waals surface area (Å²) in [5.41, 5.74) is 2.69. The fourth-order valence-electron chi connectivity index (χ4n) is 2.58. The number of para-hydroxylation sites is 1. The van der Waals surface area contributed by atoms with Crippen LogP contribution in [0.5, 0.6) is 5.75 Å². The number of carbonyl (C=O) groups excluding carboxylic acids is 1. The maximum absolute atomic E-state index is 12.2. The molecular formula is C19H16N6O2S. The third kappa shape index (κ3) is 3.79. The van der Waals surface area contributed by atoms with Crippen LogP contribution in [0.4, 0.5) is 5.69 Å². The monoisotopic (exact) mass is 392 g/mol. The minimum atomic E-state index is -0.120. The molecule has 4 rings (SSSR count). The van der Waals surface area contributed by atoms with Crippen LogP contribution in [0.2, 0.25) is 0 Å². The second kappa shape index (κ2) is 8.05. The summed E-state index contributed by atoms with van der Waals surface area (Å²) < 4.78 is 6.81. The maximum Gasteiger partial charge on any atom is 0.234 e. The molecule has 9 heteroatoms. The summed E-state index contributed by atoms with van der Waals surface area (Å²) in [6, 6.07) is 16.7. The summed E-state index contributed by atoms with van der Waals surface area (Å²) in [6.45, 7) is 0. The van der Waals surface area contributed by atoms with Crippen LogP contribution in [0.3, 0.4) is 0 Å². The van der Waals surface area contributed by atoms with E-state index in [1.807, 2.05) is 54.6 Å². The van der Waals surface area contributed by atoms with E-state index in [4.69, 9.17) is 4.74 Å². The molecule has 8 nitrogen and oxygen atoms in total. The minimum absolute atomic E-state index is 0.120. The zero-order valence-electron chi connectivity index (χ0n) is 14.9. The third-order valence-electron chi connectivity index (χ3n) is 3.92. The predicted octanol–water partition coefficient (Wildman–Crippen LogP) is 2.95. The number of rotatable bonds is 6. The lowest BCUT2D eigenvalue weighted by Crippen LogP contribution is -2.14. The summed E-state index contributed by atoms with van der Waals surface area (Å²) >= 11 is 1.29. The highest BCUT2D eigenvalue weighted by atomic mass is 32.2. The Labute approximate surface area is 165 Å². The Morgan fingerprint density at radius 1 is 1.11 bits per heavy atom. The fraction of sp³-hybridized carbons (Fsp3) is 0.105. The van der Waals surface area contributed by atoms with Crippen molar-refractivity contribution in [2.45, 2.75) is 5.03 Å². The molecule has 0 bridgehead atoms. The van der Waals surface area contributed by atoms with Crippen LogP contribution in [0, 0.1) is 0 Å². The molecule has 28 heavy (non-hydrogen) atoms. The molecule has 0 aliphatic carbocycles. The number of amides is 1. The molecule has 0 fully saturated rings. The van der Waals surface area contributed by atoms with E-state index in [1.165, 1.54) is 18.1 Å². The van der Waals surface area contributed by atoms with Crippen molar-refractivity contribution in [2.75, 3.05) is 18.2 Å². The molecule has 0 unspecified atom stereocenters. The molecule has 0 aliphatic heterocycles. The van der Waals surface area contributed by atoms with Crippen LogP contribution in [0.25, 0.3) is 16.9 Å². The van der Waals surface area contributed by atoms with Crippen LogP contribution >= 0.6 is 11.8 Å². The number of nitrogens with one attached hydrogen (secondary N) is 1. The second-order valence-electron chi connectivity index (χ2n) is 5.75. The van der Waals surface area contributed by atoms with Gasteiger partial charge in [0, 0.05) is 5.69 Å². The molecule has 0 spiro atoms. The summed E-state index contributed by atoms with van der Waals surface area (Å²) in [6.07, 6.45) is 1.45. The van der Waals surface area contributed by atoms with Gasteiger partial charge in [-0.05, 0) is 36.4 Å². The number of hydrogen-bond donors (Lipinski definition) is 1. The summed E-state index contributed by atoms with van der Waals surface area (Å²) in [5.74, 6) is 0.838. The SMILES string of the molecule is COc1ccc(-n2nnc3c(SCC(=O)Nc4ccccc4)ncnc32)cc1. The van der Waals surface area contributed by atoms with Crippen LogP contribution in [0.15, 0.2) is 66.0 Å². The Kier molecular flexibility index (Phi) is 5.16. The summed E-state index contributed by atoms with van der Waals surface area (Å²) in [7, 11) is 1.62. The molecule has 0 radical (unpaired) electrons. The highest BCUT2D eigenvalue weighted by Crippen LogP contribution is 2.24. The lowest BCUT2D eigenvalue weighted by molar-refractivity contribution is -0.113. The van der Waals surface area contributed by atoms with Crippen LogP contribution < -0.4 is 10.1 Å². The zero-order chi connectivity index (χ0) is 19.3. The number of carbonyl (C=O) groups is 1. The van der Waals surface area contributed by atoms with E-state index in [0.29, 0.717) is 16.2 Å². The van der Waals surface area contributed by atoms with Gasteiger partial charge in [-0.1, -0.05) is 35.2 Å². The van der Waals surface area contributed by atoms with Crippen LogP contribution in [-0.2, 0) is 4.79 Å². The van der Waals surface area contributed by atoms with E-state index in [0.717, 1.165) is 17.1 Å². The molecule has 0 saturated carbocycles. The normalized spacial score (nSPS) is 10.8. The van der Waals surface area contributed by atoms with Gasteiger partial charge < -0.3 is 10.1 Å². The van der Waals surface area contributed by atoms with Crippen molar-refractivity contribution in [1.29, 1.82) is 0 Å². The van der Waals surface area contributed by atoms with Gasteiger partial charge in [0.25, 0.3) is 0 Å². The van der Waals surface area contributed by atoms with E-state index in [2.05, 4.69) is 25.6 Å². The van der Waals surface area contributed by atoms with Crippen molar-refractivity contribution < 1.29 is 9.53 Å². The number of fused-ring (bicyclic) bond motifs is 1. The third-order valence-corrected chi connectivity index (χ3v) is 4.90. The second-order valence-corrected chi connectivity index (χ2v) is 6.72. The number of nitrogens with zero attached hydrogens (tertiary/aromatic N) is 5. The van der Waals surface area contributed by atoms with Gasteiger partial charge in [-0.25, -0.2) is 9.97 Å². The van der Waals surface area contributed by atoms with E-state index in [-0.39, 0.29) is 11.7 Å². The maximum atomic E-state index is 12.2. The van der Waals surface area contributed by atoms with E-state index >= 15 is 0 Å². The van der Waals surface area contributed by atoms with Crippen LogP contribution in [0.1, 0.15) is 0 Å². The van der Waals surface area contributed by atoms with Gasteiger partial charge in [0.1, 0.15) is 17.1 Å². The van der Waals surface area contributed by atoms with Crippen molar-refractivity contribution >= 4 is 34.5 Å². The average Bonchev–Trinajstić information content (AvgIpc) is 3.18. The number of ether oxygens (including phenoxy) is 1. The molecular weight excluding hydrogens is 376 g/mol. The standard InChI is InChI=1S/C19H16N6O2S/c1-27-15-9-7-14(8-10-15)25-18-17(23-24-25)19(21-12-20-18)28-11-16(26)22-13-5-3-2-4-6-13/h2-10,12H,11H2,1H3,(H,22,26). The molecule has 0 aliphatic rings. The molecule has 0 saturated heterocycles. The van der Waals surface area contributed by atoms with Gasteiger partial charge in [0.05, 0.1) is 18.6 Å². The van der Waals surface area contributed by atoms with E-state index in [9.17, 15) is 4.79 Å². The lowest BCUT2D eigenvalue weighted by atomic mass is 10.3. The first-order valence-electron chi connectivity index (χ1n) is 8.43. The van der Waals surface area contributed by atoms with Crippen molar-refractivity contribution in [3.8, 4) is 11.4 Å². The number of anilines is 1. The summed E-state index contributed by atoms with van der Waals surface area (Å²) in [5, 5.41) is 11.8. The van der Waals surface area contributed by atoms with Gasteiger partial charge >= 0.3 is 0 Å². The molecule has 140 valence electrons. The van der Waals surface area contributed by atoms with Gasteiger partial charge in [-0.3, -0.25) is 4.79 Å². The molecule has 2 aromatic heterocycles. The Balaban J connectivity index is 1.52. The van der Waals surface area contributed by atoms with Gasteiger partial charge in [-0.15, -0.1) is 5.10 Å². The molecule has 0 atom stereocenters. The Hall–Kier alpha value is -3.46. The van der Waals surface area contributed by atoms with Crippen LogP contribution in [-0.4, -0.2) is 43.7 Å². The van der Waals surface area contributed by atoms with Crippen molar-refractivity contribution in [3.05, 3.63) is 60.9 Å². The van der Waals surface area contributed by atoms with Crippen molar-refractivity contribution in [3.63, 3.8) is 0 Å². The Bertz CT molecular complexity index is 1100. The minimum Gasteiger partial charge on any atom is -0.497 e. The van der Waals surface area contributed by atoms with Crippen molar-refractivity contribution in [1.82, 2.24) is 25.0 Å². The zero-order valence-corrected chi connectivity index (χ0v) is 15.8. The predicted molar refractivity (Wildman–Crippen MR) is 107 cm³/mol. The first-order valence-corrected chi connectivity index (χ1v) is 9.41. The van der Waals surface area contributed by atoms with Crippen molar-refractivity contribution in [2.24, 2.45) is 0 Å². The smallest absolute Gasteiger partial charge is 0.234 e. The molecule has 2 aromatic carbocycles. The number of methoxy groups -OCH3 is 1. The van der Waals surface area contributed by atoms with E-state index in [1.54, 1.807) is 11.8 Å². The quantitative estimate of drug-likeness (QED) is 0.398. The molecule has 1 amide bonds. The molecule has 4 aromatic rings. The first kappa shape index (κ1) is 17.9. The highest BCUT2D eigenvalue weighted by Gasteiger charge is 2.15. The summed E-state index contributed by atoms with van der Waals surface area (Å²) in [4.78, 5) is 20.7.